The molecule has 4 N–H and O–H groups in total. The van der Waals surface area contributed by atoms with Gasteiger partial charge in [0.2, 0.25) is 5.91 Å². The second-order valence-corrected chi connectivity index (χ2v) is 34.2. The Labute approximate surface area is 788 Å². The summed E-state index contributed by atoms with van der Waals surface area (Å²) in [6.45, 7) is 6.02. The number of rotatable bonds is 33. The van der Waals surface area contributed by atoms with Crippen molar-refractivity contribution < 1.29 is 90.9 Å². The number of unbranched alkanes of at least 4 members (excludes halogenated alkanes) is 4. The molecule has 0 saturated heterocycles. The fourth-order valence-electron chi connectivity index (χ4n) is 17.9. The molecule has 18 rings (SSSR count). The van der Waals surface area contributed by atoms with Crippen LogP contribution in [0.3, 0.4) is 0 Å². The van der Waals surface area contributed by atoms with Crippen molar-refractivity contribution in [1.29, 1.82) is 0 Å². The van der Waals surface area contributed by atoms with E-state index in [0.717, 1.165) is 86.4 Å². The first kappa shape index (κ1) is 95.2. The Bertz CT molecular complexity index is 6290. The standard InChI is InChI=1S/C53H51N5O9.C43H40N4O6.C10H13NO4.CH4/c1-32-22-42-44(54-29-36-23-35(25-41(36)52(42)62)33-11-15-40(64-2)16-12-33)27-46(32)66-20-7-21-67-48-28-45-43(26-47(48)65-3)53(63)58-31-37(24-39(58)30-55-45)34-9-13-38(14-10-34)56-49(59)8-5-4-6-19-57-50(60)17-18-51(57)61;1-25-15-35-37(45-22-29-16-28(18-34(29)42(35)48)26-7-11-33(50-2)12-8-26)20-39(25)52-13-4-14-53-41-21-38-36(19-40(41)51-3)43(49)47-24-30(17-32(47)23-46-38)27-5-9-31(44)10-6-27;12-8-5-6-9(13)11(8)7-3-1-2-4-10(14)15;/h9-18,22,25-31,36,39,41H,4-8,19-21,23-24H2,1-3H3,(H,56,59);5-12,15,18-24,29,32,34H,4,13-14,16-17,44H2,1-3H3;5-6H,1-4,7H2,(H,14,15);1H4/t36-,39-,41?;29-,32-,34?;;/m00../s1. The fraction of sp³-hybridized carbons (Fsp3) is 0.308. The van der Waals surface area contributed by atoms with Gasteiger partial charge >= 0.3 is 5.97 Å². The van der Waals surface area contributed by atoms with Gasteiger partial charge in [-0.15, -0.1) is 0 Å². The Balaban J connectivity index is 0.000000181. The fourth-order valence-corrected chi connectivity index (χ4v) is 17.9. The van der Waals surface area contributed by atoms with Crippen LogP contribution in [0.1, 0.15) is 172 Å². The third-order valence-electron chi connectivity index (χ3n) is 25.3. The monoisotopic (exact) mass is 1840 g/mol. The Hall–Kier alpha value is -15.4. The maximum absolute atomic E-state index is 14.0. The van der Waals surface area contributed by atoms with E-state index in [1.807, 2.05) is 166 Å². The quantitative estimate of drug-likeness (QED) is 0.0195. The molecule has 29 heteroatoms. The largest absolute Gasteiger partial charge is 0.497 e. The van der Waals surface area contributed by atoms with Gasteiger partial charge in [0, 0.05) is 184 Å². The summed E-state index contributed by atoms with van der Waals surface area (Å²) in [4.78, 5) is 148. The number of carbonyl (C=O) groups is 10. The van der Waals surface area contributed by atoms with Gasteiger partial charge in [0.15, 0.2) is 34.6 Å². The molecular weight excluding hydrogens is 1730 g/mol. The zero-order chi connectivity index (χ0) is 94.5. The van der Waals surface area contributed by atoms with Gasteiger partial charge in [-0.05, 0) is 181 Å². The number of nitrogens with zero attached hydrogens (tertiary/aromatic N) is 8. The number of carbonyl (C=O) groups excluding carboxylic acids is 9. The van der Waals surface area contributed by atoms with Gasteiger partial charge in [0.1, 0.15) is 23.0 Å². The number of aliphatic carboxylic acids is 1. The molecule has 0 spiro atoms. The number of carboxylic acid groups (broad SMARTS) is 1. The predicted octanol–water partition coefficient (Wildman–Crippen LogP) is 18.1. The minimum atomic E-state index is -0.815. The number of anilines is 2. The number of ketones is 2. The molecule has 6 atom stereocenters. The van der Waals surface area contributed by atoms with Gasteiger partial charge in [-0.25, -0.2) is 0 Å². The summed E-state index contributed by atoms with van der Waals surface area (Å²) >= 11 is 0. The van der Waals surface area contributed by atoms with Crippen molar-refractivity contribution in [3.8, 4) is 46.0 Å². The zero-order valence-electron chi connectivity index (χ0n) is 75.8. The van der Waals surface area contributed by atoms with E-state index < -0.39 is 5.97 Å². The van der Waals surface area contributed by atoms with Crippen molar-refractivity contribution in [2.45, 2.75) is 123 Å². The van der Waals surface area contributed by atoms with Crippen molar-refractivity contribution in [2.24, 2.45) is 43.6 Å². The number of nitrogens with one attached hydrogen (secondary N) is 1. The van der Waals surface area contributed by atoms with Crippen LogP contribution in [0, 0.1) is 37.5 Å². The molecule has 0 saturated carbocycles. The number of aliphatic imine (C=N–C) groups is 4. The first-order chi connectivity index (χ1) is 65.5. The van der Waals surface area contributed by atoms with Gasteiger partial charge in [0.05, 0.1) is 101 Å². The van der Waals surface area contributed by atoms with Gasteiger partial charge in [-0.3, -0.25) is 77.7 Å². The minimum Gasteiger partial charge on any atom is -0.497 e. The highest BCUT2D eigenvalue weighted by Crippen LogP contribution is 2.48. The van der Waals surface area contributed by atoms with E-state index in [1.165, 1.54) is 41.2 Å². The lowest BCUT2D eigenvalue weighted by molar-refractivity contribution is -0.138. The van der Waals surface area contributed by atoms with Gasteiger partial charge < -0.3 is 63.9 Å². The lowest BCUT2D eigenvalue weighted by atomic mass is 9.89. The molecule has 8 heterocycles. The number of imide groups is 2. The lowest BCUT2D eigenvalue weighted by Crippen LogP contribution is -2.32. The van der Waals surface area contributed by atoms with E-state index in [9.17, 15) is 47.9 Å². The Morgan fingerprint density at radius 3 is 1.18 bits per heavy atom. The summed E-state index contributed by atoms with van der Waals surface area (Å²) < 4.78 is 46.6. The smallest absolute Gasteiger partial charge is 0.303 e. The minimum absolute atomic E-state index is 0. The van der Waals surface area contributed by atoms with Crippen molar-refractivity contribution in [3.05, 3.63) is 250 Å². The number of hydrogen-bond donors (Lipinski definition) is 3. The van der Waals surface area contributed by atoms with Crippen LogP contribution < -0.4 is 48.9 Å². The number of benzene rings is 8. The number of allylic oxidation sites excluding steroid dienone is 4. The van der Waals surface area contributed by atoms with Crippen molar-refractivity contribution in [1.82, 2.24) is 19.6 Å². The van der Waals surface area contributed by atoms with Gasteiger partial charge in [0.25, 0.3) is 35.4 Å². The molecule has 7 amide bonds. The molecular formula is C107H108N10O19. The summed E-state index contributed by atoms with van der Waals surface area (Å²) in [6.07, 6.45) is 28.7. The highest BCUT2D eigenvalue weighted by atomic mass is 16.5. The molecule has 29 nitrogen and oxygen atoms in total. The van der Waals surface area contributed by atoms with Crippen LogP contribution >= 0.6 is 0 Å². The third-order valence-corrected chi connectivity index (χ3v) is 25.3. The predicted molar refractivity (Wildman–Crippen MR) is 520 cm³/mol. The van der Waals surface area contributed by atoms with Gasteiger partial charge in [-0.2, -0.15) is 0 Å². The van der Waals surface area contributed by atoms with Crippen LogP contribution in [0.25, 0.3) is 22.3 Å². The molecule has 8 aromatic carbocycles. The highest BCUT2D eigenvalue weighted by molar-refractivity contribution is 6.14. The number of amides is 7. The summed E-state index contributed by atoms with van der Waals surface area (Å²) in [5.74, 6) is 1.95. The van der Waals surface area contributed by atoms with Crippen LogP contribution in [-0.4, -0.2) is 188 Å². The van der Waals surface area contributed by atoms with Crippen LogP contribution in [0.4, 0.5) is 34.1 Å². The summed E-state index contributed by atoms with van der Waals surface area (Å²) in [5.41, 5.74) is 21.7. The molecule has 0 radical (unpaired) electrons. The third kappa shape index (κ3) is 21.7. The van der Waals surface area contributed by atoms with Gasteiger partial charge in [-0.1, -0.05) is 81.0 Å². The molecule has 2 aliphatic carbocycles. The van der Waals surface area contributed by atoms with Crippen molar-refractivity contribution >= 4 is 140 Å². The molecule has 8 aromatic rings. The first-order valence-electron chi connectivity index (χ1n) is 45.3. The highest BCUT2D eigenvalue weighted by Gasteiger charge is 2.41. The zero-order valence-corrected chi connectivity index (χ0v) is 75.8. The maximum atomic E-state index is 14.0. The molecule has 0 fully saturated rings. The molecule has 0 aromatic heterocycles. The number of carboxylic acids is 1. The van der Waals surface area contributed by atoms with Crippen LogP contribution in [0.15, 0.2) is 214 Å². The Morgan fingerprint density at radius 1 is 0.404 bits per heavy atom. The van der Waals surface area contributed by atoms with Crippen LogP contribution in [0.2, 0.25) is 0 Å². The number of nitrogens with two attached hydrogens (primary N) is 1. The molecule has 0 bridgehead atoms. The molecule has 2 unspecified atom stereocenters. The second-order valence-electron chi connectivity index (χ2n) is 34.2. The second kappa shape index (κ2) is 43.1. The van der Waals surface area contributed by atoms with E-state index in [2.05, 4.69) is 17.5 Å². The number of hydrogen-bond acceptors (Lipinski definition) is 23. The number of methoxy groups -OCH3 is 4. The summed E-state index contributed by atoms with van der Waals surface area (Å²) in [5, 5.41) is 11.3. The number of Topliss-reactive ketones (excluding diaryl/α,β-unsaturated/α-hetero) is 2. The average Bonchev–Trinajstić information content (AvgIpc) is 1.63. The topological polar surface area (TPSA) is 365 Å². The molecule has 136 heavy (non-hydrogen) atoms. The maximum Gasteiger partial charge on any atom is 0.303 e. The molecule has 10 aliphatic rings. The Morgan fingerprint density at radius 2 is 0.772 bits per heavy atom. The van der Waals surface area contributed by atoms with Crippen LogP contribution in [-0.2, 0) is 28.8 Å². The number of nitrogen functional groups attached to an aromatic ring is 1. The van der Waals surface area contributed by atoms with E-state index in [-0.39, 0.29) is 103 Å². The first-order valence-corrected chi connectivity index (χ1v) is 45.3. The van der Waals surface area contributed by atoms with Crippen molar-refractivity contribution in [2.75, 3.05) is 79.0 Å². The summed E-state index contributed by atoms with van der Waals surface area (Å²) in [7, 11) is 6.38. The number of aryl methyl sites for hydroxylation is 2. The van der Waals surface area contributed by atoms with E-state index >= 15 is 0 Å². The molecule has 700 valence electrons. The lowest BCUT2D eigenvalue weighted by Gasteiger charge is -2.19. The van der Waals surface area contributed by atoms with E-state index in [4.69, 9.17) is 68.7 Å². The number of fused-ring (bicyclic) bond motifs is 8. The normalized spacial score (nSPS) is 18.7. The van der Waals surface area contributed by atoms with E-state index in [1.54, 1.807) is 61.6 Å². The van der Waals surface area contributed by atoms with Crippen molar-refractivity contribution in [3.63, 3.8) is 0 Å². The molecule has 8 aliphatic heterocycles. The SMILES string of the molecule is C.COc1ccc(C2=CC3C(=O)c4cc(C)c(OCCCOc5cc6c(cc5OC)C(=O)N5C=C(c7ccc(N)cc7)C[C@H]5C=N6)cc4N=C[C@@H]3C2)cc1.COc1ccc(C2=CC3C(=O)c4cc(C)c(OCCCOc5cc6c(cc5OC)C(=O)N5C=C(c7ccc(NC(=O)CCCCCN8C(=O)C=CC8=O)cc7)C[C@H]5C=N6)cc4N=C[C@@H]3C2)cc1.O=C(O)CCCCCN1C(=O)C=CC1=O. The summed E-state index contributed by atoms with van der Waals surface area (Å²) in [6, 6.07) is 44.9. The Kier molecular flexibility index (Phi) is 30.2. The average molecular weight is 1840 g/mol. The van der Waals surface area contributed by atoms with Crippen LogP contribution in [0.5, 0.6) is 46.0 Å². The number of ether oxygens (including phenoxy) is 8. The van der Waals surface area contributed by atoms with E-state index in [0.29, 0.717) is 195 Å².